The molecule has 0 aromatic carbocycles. The molecule has 1 saturated heterocycles. The maximum absolute atomic E-state index is 12.8. The fraction of sp³-hybridized carbons (Fsp3) is 0.381. The summed E-state index contributed by atoms with van der Waals surface area (Å²) in [5, 5.41) is 13.9. The zero-order chi connectivity index (χ0) is 22.7. The van der Waals surface area contributed by atoms with Crippen LogP contribution in [0.5, 0.6) is 0 Å². The van der Waals surface area contributed by atoms with Gasteiger partial charge in [0, 0.05) is 37.7 Å². The molecule has 2 aliphatic heterocycles. The van der Waals surface area contributed by atoms with Crippen molar-refractivity contribution in [2.45, 2.75) is 25.1 Å². The summed E-state index contributed by atoms with van der Waals surface area (Å²) >= 11 is 0. The van der Waals surface area contributed by atoms with Crippen molar-refractivity contribution in [3.63, 3.8) is 0 Å². The van der Waals surface area contributed by atoms with Crippen LogP contribution in [0.4, 0.5) is 13.2 Å². The molecule has 3 aromatic heterocycles. The molecule has 3 aromatic rings. The second kappa shape index (κ2) is 7.00. The molecule has 0 unspecified atom stereocenters. The highest BCUT2D eigenvalue weighted by Gasteiger charge is 2.49. The first kappa shape index (κ1) is 20.4. The summed E-state index contributed by atoms with van der Waals surface area (Å²) in [4.78, 5) is 10.5. The summed E-state index contributed by atoms with van der Waals surface area (Å²) in [6, 6.07) is 4.01. The average Bonchev–Trinajstić information content (AvgIpc) is 3.28. The van der Waals surface area contributed by atoms with Gasteiger partial charge in [0.15, 0.2) is 12.4 Å². The summed E-state index contributed by atoms with van der Waals surface area (Å²) in [6.07, 6.45) is 5.01. The van der Waals surface area contributed by atoms with Gasteiger partial charge in [0.05, 0.1) is 36.0 Å². The van der Waals surface area contributed by atoms with Crippen molar-refractivity contribution in [1.82, 2.24) is 29.0 Å². The quantitative estimate of drug-likeness (QED) is 0.569. The van der Waals surface area contributed by atoms with Crippen molar-refractivity contribution >= 4 is 17.4 Å². The minimum absolute atomic E-state index is 0.0735. The summed E-state index contributed by atoms with van der Waals surface area (Å²) in [7, 11) is 1.93. The molecule has 11 heteroatoms. The molecule has 0 radical (unpaired) electrons. The number of aromatic nitrogens is 5. The Hall–Kier alpha value is -3.52. The standard InChI is InChI=1S/C21H20F3N8/c1-14-16(10-32(28-14)20(3-4-25)11-30(12-20)13-21(22,23)24)19-27-17(15-8-29(2)9-15)7-18-26-5-6-31(18)19/h5-10H,3,11-13H2,1-2H3/q+1. The predicted molar refractivity (Wildman–Crippen MR) is 110 cm³/mol. The fourth-order valence-electron chi connectivity index (χ4n) is 4.38. The zero-order valence-electron chi connectivity index (χ0n) is 17.5. The normalized spacial score (nSPS) is 18.0. The molecule has 0 atom stereocenters. The molecular weight excluding hydrogens is 421 g/mol. The third-order valence-electron chi connectivity index (χ3n) is 5.84. The highest BCUT2D eigenvalue weighted by Crippen LogP contribution is 2.36. The zero-order valence-corrected chi connectivity index (χ0v) is 17.5. The number of alkyl halides is 3. The third kappa shape index (κ3) is 3.36. The molecular formula is C21H20F3N8+. The number of hydrogen-bond acceptors (Lipinski definition) is 5. The second-order valence-electron chi connectivity index (χ2n) is 8.39. The Balaban J connectivity index is 1.53. The Bertz CT molecular complexity index is 1310. The van der Waals surface area contributed by atoms with Gasteiger partial charge in [0.25, 0.3) is 0 Å². The SMILES string of the molecule is Cc1nn(C2(CC#N)CN(CC(F)(F)F)C2)cc1-c1nc(C2=C[N+](C)=C2)cc2nccn12. The Labute approximate surface area is 181 Å². The smallest absolute Gasteiger partial charge is 0.290 e. The van der Waals surface area contributed by atoms with E-state index < -0.39 is 18.3 Å². The Kier molecular flexibility index (Phi) is 4.46. The van der Waals surface area contributed by atoms with Crippen molar-refractivity contribution in [2.75, 3.05) is 26.7 Å². The van der Waals surface area contributed by atoms with Crippen LogP contribution < -0.4 is 0 Å². The van der Waals surface area contributed by atoms with Crippen LogP contribution in [0.15, 0.2) is 30.9 Å². The van der Waals surface area contributed by atoms with Crippen LogP contribution in [0.3, 0.4) is 0 Å². The van der Waals surface area contributed by atoms with Crippen LogP contribution in [-0.4, -0.2) is 72.7 Å². The number of nitriles is 1. The van der Waals surface area contributed by atoms with Gasteiger partial charge in [0.2, 0.25) is 0 Å². The highest BCUT2D eigenvalue weighted by atomic mass is 19.4. The van der Waals surface area contributed by atoms with Crippen LogP contribution in [0, 0.1) is 18.3 Å². The molecule has 8 nitrogen and oxygen atoms in total. The van der Waals surface area contributed by atoms with Gasteiger partial charge < -0.3 is 0 Å². The van der Waals surface area contributed by atoms with E-state index in [1.54, 1.807) is 17.1 Å². The Morgan fingerprint density at radius 2 is 2.06 bits per heavy atom. The third-order valence-corrected chi connectivity index (χ3v) is 5.84. The largest absolute Gasteiger partial charge is 0.401 e. The number of likely N-dealkylation sites (tertiary alicyclic amines) is 1. The van der Waals surface area contributed by atoms with Gasteiger partial charge in [-0.25, -0.2) is 14.5 Å². The molecule has 32 heavy (non-hydrogen) atoms. The first-order valence-electron chi connectivity index (χ1n) is 10.0. The number of imidazole rings is 1. The summed E-state index contributed by atoms with van der Waals surface area (Å²) in [6.45, 7) is 1.07. The van der Waals surface area contributed by atoms with E-state index >= 15 is 0 Å². The van der Waals surface area contributed by atoms with Crippen LogP contribution in [0.2, 0.25) is 0 Å². The molecule has 0 aliphatic carbocycles. The summed E-state index contributed by atoms with van der Waals surface area (Å²) in [5.41, 5.74) is 3.12. The number of fused-ring (bicyclic) bond motifs is 1. The van der Waals surface area contributed by atoms with Crippen molar-refractivity contribution in [2.24, 2.45) is 0 Å². The number of halogens is 3. The lowest BCUT2D eigenvalue weighted by Crippen LogP contribution is -2.64. The van der Waals surface area contributed by atoms with E-state index in [-0.39, 0.29) is 19.5 Å². The lowest BCUT2D eigenvalue weighted by Gasteiger charge is -2.49. The maximum atomic E-state index is 12.8. The highest BCUT2D eigenvalue weighted by molar-refractivity contribution is 6.09. The Morgan fingerprint density at radius 1 is 1.31 bits per heavy atom. The number of hydrogen-bond donors (Lipinski definition) is 0. The number of allylic oxidation sites excluding steroid dienone is 1. The molecule has 5 heterocycles. The van der Waals surface area contributed by atoms with Gasteiger partial charge in [0.1, 0.15) is 29.6 Å². The molecule has 5 rings (SSSR count). The molecule has 0 spiro atoms. The fourth-order valence-corrected chi connectivity index (χ4v) is 4.38. The molecule has 0 bridgehead atoms. The molecule has 0 amide bonds. The van der Waals surface area contributed by atoms with E-state index in [0.717, 1.165) is 22.5 Å². The second-order valence-corrected chi connectivity index (χ2v) is 8.39. The van der Waals surface area contributed by atoms with E-state index in [4.69, 9.17) is 4.98 Å². The van der Waals surface area contributed by atoms with Gasteiger partial charge in [-0.1, -0.05) is 0 Å². The predicted octanol–water partition coefficient (Wildman–Crippen LogP) is 2.46. The number of rotatable bonds is 5. The lowest BCUT2D eigenvalue weighted by atomic mass is 9.87. The topological polar surface area (TPSA) is 78.0 Å². The Morgan fingerprint density at radius 3 is 2.72 bits per heavy atom. The van der Waals surface area contributed by atoms with Crippen LogP contribution in [0.25, 0.3) is 22.6 Å². The van der Waals surface area contributed by atoms with Gasteiger partial charge in [-0.15, -0.1) is 0 Å². The van der Waals surface area contributed by atoms with Crippen molar-refractivity contribution in [3.8, 4) is 17.5 Å². The lowest BCUT2D eigenvalue weighted by molar-refractivity contribution is -0.423. The van der Waals surface area contributed by atoms with Crippen LogP contribution in [0.1, 0.15) is 17.8 Å². The molecule has 0 N–H and O–H groups in total. The average molecular weight is 441 g/mol. The van der Waals surface area contributed by atoms with E-state index in [1.807, 2.05) is 47.6 Å². The first-order chi connectivity index (χ1) is 15.2. The van der Waals surface area contributed by atoms with E-state index in [0.29, 0.717) is 11.5 Å². The molecule has 2 aliphatic rings. The summed E-state index contributed by atoms with van der Waals surface area (Å²) < 4.78 is 43.8. The molecule has 164 valence electrons. The van der Waals surface area contributed by atoms with E-state index in [2.05, 4.69) is 16.2 Å². The molecule has 0 saturated carbocycles. The van der Waals surface area contributed by atoms with Crippen LogP contribution >= 0.6 is 0 Å². The van der Waals surface area contributed by atoms with E-state index in [1.165, 1.54) is 4.90 Å². The minimum Gasteiger partial charge on any atom is -0.290 e. The maximum Gasteiger partial charge on any atom is 0.401 e. The van der Waals surface area contributed by atoms with E-state index in [9.17, 15) is 18.4 Å². The van der Waals surface area contributed by atoms with Crippen molar-refractivity contribution in [1.29, 1.82) is 5.26 Å². The number of aryl methyl sites for hydroxylation is 1. The van der Waals surface area contributed by atoms with Crippen LogP contribution in [-0.2, 0) is 5.54 Å². The molecule has 1 fully saturated rings. The van der Waals surface area contributed by atoms with Gasteiger partial charge in [-0.2, -0.15) is 23.5 Å². The van der Waals surface area contributed by atoms with Crippen molar-refractivity contribution < 1.29 is 17.7 Å². The van der Waals surface area contributed by atoms with Gasteiger partial charge >= 0.3 is 6.18 Å². The minimum atomic E-state index is -4.28. The van der Waals surface area contributed by atoms with Crippen molar-refractivity contribution in [3.05, 3.63) is 42.2 Å². The monoisotopic (exact) mass is 441 g/mol. The van der Waals surface area contributed by atoms with Gasteiger partial charge in [-0.05, 0) is 6.92 Å². The summed E-state index contributed by atoms with van der Waals surface area (Å²) in [5.74, 6) is 0.640. The number of nitrogens with zero attached hydrogens (tertiary/aromatic N) is 8. The van der Waals surface area contributed by atoms with Gasteiger partial charge in [-0.3, -0.25) is 14.0 Å². The first-order valence-corrected chi connectivity index (χ1v) is 10.0.